The first-order chi connectivity index (χ1) is 12.4. The summed E-state index contributed by atoms with van der Waals surface area (Å²) in [6.45, 7) is 1.61. The summed E-state index contributed by atoms with van der Waals surface area (Å²) in [4.78, 5) is 20.6. The zero-order chi connectivity index (χ0) is 18.7. The Morgan fingerprint density at radius 3 is 2.54 bits per heavy atom. The molecule has 0 atom stereocenters. The van der Waals surface area contributed by atoms with Crippen molar-refractivity contribution in [2.45, 2.75) is 6.92 Å². The Morgan fingerprint density at radius 2 is 1.81 bits per heavy atom. The minimum Gasteiger partial charge on any atom is -0.338 e. The number of nitrogens with one attached hydrogen (secondary N) is 2. The average Bonchev–Trinajstić information content (AvgIpc) is 2.60. The number of aromatic nitrogens is 2. The Bertz CT molecular complexity index is 981. The van der Waals surface area contributed by atoms with E-state index < -0.39 is 17.5 Å². The van der Waals surface area contributed by atoms with Crippen LogP contribution in [0.2, 0.25) is 5.02 Å². The zero-order valence-electron chi connectivity index (χ0n) is 13.6. The second kappa shape index (κ2) is 7.45. The molecule has 0 aliphatic carbocycles. The van der Waals surface area contributed by atoms with Gasteiger partial charge < -0.3 is 10.6 Å². The normalized spacial score (nSPS) is 10.5. The number of anilines is 3. The first kappa shape index (κ1) is 17.8. The molecular formula is C18H13ClF2N4O. The smallest absolute Gasteiger partial charge is 0.274 e. The molecule has 0 spiro atoms. The van der Waals surface area contributed by atoms with Crippen LogP contribution in [0.4, 0.5) is 26.0 Å². The number of amides is 1. The van der Waals surface area contributed by atoms with E-state index in [4.69, 9.17) is 11.6 Å². The lowest BCUT2D eigenvalue weighted by Crippen LogP contribution is -2.15. The molecule has 1 heterocycles. The van der Waals surface area contributed by atoms with Crippen molar-refractivity contribution in [3.63, 3.8) is 0 Å². The molecule has 132 valence electrons. The maximum Gasteiger partial charge on any atom is 0.274 e. The highest BCUT2D eigenvalue weighted by atomic mass is 35.5. The van der Waals surface area contributed by atoms with Gasteiger partial charge in [0.05, 0.1) is 10.7 Å². The number of benzene rings is 2. The first-order valence-corrected chi connectivity index (χ1v) is 7.94. The molecule has 0 unspecified atom stereocenters. The molecule has 3 aromatic rings. The number of halogens is 3. The van der Waals surface area contributed by atoms with Crippen LogP contribution in [0, 0.1) is 18.6 Å². The van der Waals surface area contributed by atoms with Gasteiger partial charge in [0.1, 0.15) is 29.0 Å². The maximum atomic E-state index is 13.8. The Balaban J connectivity index is 1.83. The summed E-state index contributed by atoms with van der Waals surface area (Å²) >= 11 is 5.70. The van der Waals surface area contributed by atoms with Crippen molar-refractivity contribution in [3.05, 3.63) is 76.7 Å². The lowest BCUT2D eigenvalue weighted by Gasteiger charge is -2.10. The topological polar surface area (TPSA) is 66.9 Å². The van der Waals surface area contributed by atoms with Gasteiger partial charge in [-0.15, -0.1) is 0 Å². The predicted molar refractivity (Wildman–Crippen MR) is 95.8 cm³/mol. The number of nitrogens with zero attached hydrogens (tertiary/aromatic N) is 2. The van der Waals surface area contributed by atoms with E-state index in [2.05, 4.69) is 20.6 Å². The summed E-state index contributed by atoms with van der Waals surface area (Å²) in [7, 11) is 0. The van der Waals surface area contributed by atoms with E-state index in [1.165, 1.54) is 24.3 Å². The largest absolute Gasteiger partial charge is 0.338 e. The average molecular weight is 375 g/mol. The molecule has 1 aromatic heterocycles. The maximum absolute atomic E-state index is 13.8. The van der Waals surface area contributed by atoms with E-state index >= 15 is 0 Å². The van der Waals surface area contributed by atoms with Crippen molar-refractivity contribution in [2.24, 2.45) is 0 Å². The molecule has 26 heavy (non-hydrogen) atoms. The molecule has 0 aliphatic heterocycles. The van der Waals surface area contributed by atoms with Crippen LogP contribution in [-0.4, -0.2) is 15.9 Å². The Hall–Kier alpha value is -3.06. The van der Waals surface area contributed by atoms with Crippen molar-refractivity contribution in [2.75, 3.05) is 10.6 Å². The molecule has 0 saturated heterocycles. The van der Waals surface area contributed by atoms with Crippen molar-refractivity contribution in [1.29, 1.82) is 0 Å². The van der Waals surface area contributed by atoms with Gasteiger partial charge in [-0.05, 0) is 37.3 Å². The van der Waals surface area contributed by atoms with E-state index in [0.717, 1.165) is 6.07 Å². The third kappa shape index (κ3) is 4.12. The molecule has 1 amide bonds. The van der Waals surface area contributed by atoms with Crippen LogP contribution in [0.15, 0.2) is 48.5 Å². The van der Waals surface area contributed by atoms with Gasteiger partial charge in [0, 0.05) is 11.8 Å². The molecule has 0 fully saturated rings. The zero-order valence-corrected chi connectivity index (χ0v) is 14.3. The number of aryl methyl sites for hydroxylation is 1. The first-order valence-electron chi connectivity index (χ1n) is 7.56. The van der Waals surface area contributed by atoms with Gasteiger partial charge in [-0.3, -0.25) is 4.79 Å². The fourth-order valence-electron chi connectivity index (χ4n) is 2.22. The van der Waals surface area contributed by atoms with Gasteiger partial charge in [0.25, 0.3) is 5.91 Å². The van der Waals surface area contributed by atoms with E-state index in [1.807, 2.05) is 0 Å². The van der Waals surface area contributed by atoms with Gasteiger partial charge in [-0.25, -0.2) is 18.7 Å². The molecule has 5 nitrogen and oxygen atoms in total. The van der Waals surface area contributed by atoms with Gasteiger partial charge in [-0.2, -0.15) is 0 Å². The molecule has 2 aromatic carbocycles. The van der Waals surface area contributed by atoms with Crippen LogP contribution in [0.5, 0.6) is 0 Å². The summed E-state index contributed by atoms with van der Waals surface area (Å²) in [5.74, 6) is -0.970. The van der Waals surface area contributed by atoms with Crippen LogP contribution in [-0.2, 0) is 0 Å². The third-order valence-corrected chi connectivity index (χ3v) is 3.67. The fourth-order valence-corrected chi connectivity index (χ4v) is 2.40. The van der Waals surface area contributed by atoms with Crippen LogP contribution < -0.4 is 10.6 Å². The Labute approximate surface area is 153 Å². The highest BCUT2D eigenvalue weighted by Crippen LogP contribution is 2.21. The highest BCUT2D eigenvalue weighted by molar-refractivity contribution is 6.31. The van der Waals surface area contributed by atoms with Gasteiger partial charge >= 0.3 is 0 Å². The van der Waals surface area contributed by atoms with E-state index in [1.54, 1.807) is 25.1 Å². The van der Waals surface area contributed by atoms with Crippen molar-refractivity contribution < 1.29 is 13.6 Å². The molecule has 0 aliphatic rings. The highest BCUT2D eigenvalue weighted by Gasteiger charge is 2.13. The van der Waals surface area contributed by atoms with E-state index in [9.17, 15) is 13.6 Å². The third-order valence-electron chi connectivity index (χ3n) is 3.38. The quantitative estimate of drug-likeness (QED) is 0.694. The van der Waals surface area contributed by atoms with Gasteiger partial charge in [0.15, 0.2) is 0 Å². The fraction of sp³-hybridized carbons (Fsp3) is 0.0556. The molecular weight excluding hydrogens is 362 g/mol. The van der Waals surface area contributed by atoms with E-state index in [0.29, 0.717) is 11.5 Å². The lowest BCUT2D eigenvalue weighted by atomic mass is 10.2. The summed E-state index contributed by atoms with van der Waals surface area (Å²) in [6, 6.07) is 11.3. The number of hydrogen-bond acceptors (Lipinski definition) is 4. The monoisotopic (exact) mass is 374 g/mol. The minimum atomic E-state index is -0.584. The van der Waals surface area contributed by atoms with Crippen molar-refractivity contribution in [3.8, 4) is 0 Å². The number of carbonyl (C=O) groups excluding carboxylic acids is 1. The van der Waals surface area contributed by atoms with Gasteiger partial charge in [-0.1, -0.05) is 23.7 Å². The van der Waals surface area contributed by atoms with E-state index in [-0.39, 0.29) is 22.2 Å². The minimum absolute atomic E-state index is 0.0665. The van der Waals surface area contributed by atoms with Gasteiger partial charge in [0.2, 0.25) is 0 Å². The predicted octanol–water partition coefficient (Wildman–Crippen LogP) is 4.71. The SMILES string of the molecule is Cc1nc(Nc2ccccc2F)cc(C(=O)Nc2ccc(F)c(Cl)c2)n1. The second-order valence-corrected chi connectivity index (χ2v) is 5.78. The molecule has 0 saturated carbocycles. The number of hydrogen-bond donors (Lipinski definition) is 2. The molecule has 2 N–H and O–H groups in total. The number of carbonyl (C=O) groups is 1. The van der Waals surface area contributed by atoms with Crippen molar-refractivity contribution >= 4 is 34.7 Å². The molecule has 8 heteroatoms. The summed E-state index contributed by atoms with van der Waals surface area (Å²) < 4.78 is 27.0. The molecule has 0 radical (unpaired) electrons. The Morgan fingerprint density at radius 1 is 1.04 bits per heavy atom. The summed E-state index contributed by atoms with van der Waals surface area (Å²) in [5.41, 5.74) is 0.611. The second-order valence-electron chi connectivity index (χ2n) is 5.37. The van der Waals surface area contributed by atoms with Crippen LogP contribution in [0.25, 0.3) is 0 Å². The Kier molecular flexibility index (Phi) is 5.09. The van der Waals surface area contributed by atoms with Crippen LogP contribution in [0.1, 0.15) is 16.3 Å². The summed E-state index contributed by atoms with van der Waals surface area (Å²) in [6.07, 6.45) is 0. The summed E-state index contributed by atoms with van der Waals surface area (Å²) in [5, 5.41) is 5.28. The standard InChI is InChI=1S/C18H13ClF2N4O/c1-10-22-16(18(26)24-11-6-7-13(20)12(19)8-11)9-17(23-10)25-15-5-3-2-4-14(15)21/h2-9H,1H3,(H,24,26)(H,22,23,25). The molecule has 0 bridgehead atoms. The number of rotatable bonds is 4. The van der Waals surface area contributed by atoms with Crippen LogP contribution in [0.3, 0.4) is 0 Å². The number of para-hydroxylation sites is 1. The lowest BCUT2D eigenvalue weighted by molar-refractivity contribution is 0.102. The van der Waals surface area contributed by atoms with Crippen LogP contribution >= 0.6 is 11.6 Å². The molecule has 3 rings (SSSR count). The van der Waals surface area contributed by atoms with Crippen molar-refractivity contribution in [1.82, 2.24) is 9.97 Å².